The van der Waals surface area contributed by atoms with Gasteiger partial charge in [-0.3, -0.25) is 0 Å². The summed E-state index contributed by atoms with van der Waals surface area (Å²) in [6, 6.07) is 4.10. The first-order valence-electron chi connectivity index (χ1n) is 5.76. The van der Waals surface area contributed by atoms with E-state index in [9.17, 15) is 0 Å². The van der Waals surface area contributed by atoms with Crippen molar-refractivity contribution < 1.29 is 0 Å². The van der Waals surface area contributed by atoms with Crippen molar-refractivity contribution in [2.24, 2.45) is 11.8 Å². The summed E-state index contributed by atoms with van der Waals surface area (Å²) >= 11 is 3.29. The molecule has 2 heterocycles. The van der Waals surface area contributed by atoms with Crippen LogP contribution in [0.1, 0.15) is 17.5 Å². The Labute approximate surface area is 109 Å². The van der Waals surface area contributed by atoms with E-state index < -0.39 is 0 Å². The highest BCUT2D eigenvalue weighted by molar-refractivity contribution is 9.10. The number of pyridine rings is 1. The van der Waals surface area contributed by atoms with Gasteiger partial charge in [-0.15, -0.1) is 0 Å². The van der Waals surface area contributed by atoms with Crippen LogP contribution in [-0.2, 0) is 0 Å². The minimum atomic E-state index is 0.601. The van der Waals surface area contributed by atoms with Crippen LogP contribution in [0.4, 0.5) is 0 Å². The van der Waals surface area contributed by atoms with E-state index in [1.54, 1.807) is 0 Å². The Hall–Kier alpha value is -1.18. The molecule has 4 heteroatoms. The summed E-state index contributed by atoms with van der Waals surface area (Å²) in [6.07, 6.45) is 5.31. The molecular weight excluding hydrogens is 278 g/mol. The highest BCUT2D eigenvalue weighted by Gasteiger charge is 2.34. The number of rotatable bonds is 1. The van der Waals surface area contributed by atoms with Crippen LogP contribution in [-0.4, -0.2) is 18.1 Å². The average Bonchev–Trinajstić information content (AvgIpc) is 2.92. The first-order chi connectivity index (χ1) is 8.29. The molecule has 0 amide bonds. The fourth-order valence-electron chi connectivity index (χ4n) is 2.79. The van der Waals surface area contributed by atoms with Crippen molar-refractivity contribution in [1.29, 1.82) is 5.26 Å². The second-order valence-corrected chi connectivity index (χ2v) is 5.35. The molecule has 2 atom stereocenters. The molecule has 0 radical (unpaired) electrons. The number of fused-ring (bicyclic) bond motifs is 1. The second-order valence-electron chi connectivity index (χ2n) is 4.59. The molecule has 0 saturated carbocycles. The Balaban J connectivity index is 1.98. The van der Waals surface area contributed by atoms with Crippen molar-refractivity contribution >= 4 is 21.5 Å². The van der Waals surface area contributed by atoms with Crippen molar-refractivity contribution in [3.8, 4) is 6.07 Å². The largest absolute Gasteiger partial charge is 0.316 e. The summed E-state index contributed by atoms with van der Waals surface area (Å²) in [6.45, 7) is 2.16. The van der Waals surface area contributed by atoms with Crippen molar-refractivity contribution in [1.82, 2.24) is 10.3 Å². The standard InChI is InChI=1S/C13H12BrN3/c14-13-9(4-15)3-10(6-17-13)11-2-1-8-5-16-7-12(8)11/h2-3,6,8,12,16H,1,5,7H2/t8-,12+/m0/s1. The van der Waals surface area contributed by atoms with Gasteiger partial charge in [-0.05, 0) is 52.0 Å². The predicted octanol–water partition coefficient (Wildman–Crippen LogP) is 2.34. The number of aromatic nitrogens is 1. The molecular formula is C13H12BrN3. The lowest BCUT2D eigenvalue weighted by molar-refractivity contribution is 0.542. The smallest absolute Gasteiger partial charge is 0.123 e. The lowest BCUT2D eigenvalue weighted by Gasteiger charge is -2.13. The SMILES string of the molecule is N#Cc1cc(C2=CC[C@H]3CNC[C@@H]23)cnc1Br. The quantitative estimate of drug-likeness (QED) is 0.808. The van der Waals surface area contributed by atoms with Crippen molar-refractivity contribution in [3.05, 3.63) is 34.1 Å². The van der Waals surface area contributed by atoms with E-state index in [2.05, 4.69) is 38.4 Å². The zero-order valence-electron chi connectivity index (χ0n) is 9.28. The molecule has 1 N–H and O–H groups in total. The van der Waals surface area contributed by atoms with E-state index >= 15 is 0 Å². The summed E-state index contributed by atoms with van der Waals surface area (Å²) in [5.41, 5.74) is 3.07. The fourth-order valence-corrected chi connectivity index (χ4v) is 3.10. The van der Waals surface area contributed by atoms with E-state index in [4.69, 9.17) is 5.26 Å². The van der Waals surface area contributed by atoms with Crippen LogP contribution in [0.15, 0.2) is 22.9 Å². The molecule has 3 nitrogen and oxygen atoms in total. The lowest BCUT2D eigenvalue weighted by atomic mass is 9.91. The van der Waals surface area contributed by atoms with Crippen LogP contribution in [0.25, 0.3) is 5.57 Å². The average molecular weight is 290 g/mol. The molecule has 1 aromatic rings. The Morgan fingerprint density at radius 3 is 3.18 bits per heavy atom. The van der Waals surface area contributed by atoms with Gasteiger partial charge in [-0.2, -0.15) is 5.26 Å². The van der Waals surface area contributed by atoms with Gasteiger partial charge in [0.1, 0.15) is 10.7 Å². The van der Waals surface area contributed by atoms with Gasteiger partial charge in [0.05, 0.1) is 5.56 Å². The molecule has 0 unspecified atom stereocenters. The molecule has 1 aromatic heterocycles. The van der Waals surface area contributed by atoms with E-state index in [0.717, 1.165) is 31.0 Å². The molecule has 1 saturated heterocycles. The van der Waals surface area contributed by atoms with Crippen molar-refractivity contribution in [2.75, 3.05) is 13.1 Å². The number of nitrogens with zero attached hydrogens (tertiary/aromatic N) is 2. The molecule has 3 rings (SSSR count). The maximum atomic E-state index is 9.02. The van der Waals surface area contributed by atoms with E-state index in [1.165, 1.54) is 5.57 Å². The first kappa shape index (κ1) is 10.9. The molecule has 0 spiro atoms. The molecule has 0 aromatic carbocycles. The van der Waals surface area contributed by atoms with Crippen LogP contribution in [0.2, 0.25) is 0 Å². The van der Waals surface area contributed by atoms with Gasteiger partial charge in [-0.1, -0.05) is 6.08 Å². The monoisotopic (exact) mass is 289 g/mol. The first-order valence-corrected chi connectivity index (χ1v) is 6.55. The van der Waals surface area contributed by atoms with Crippen LogP contribution in [0.3, 0.4) is 0 Å². The highest BCUT2D eigenvalue weighted by atomic mass is 79.9. The number of nitriles is 1. The molecule has 2 aliphatic rings. The minimum Gasteiger partial charge on any atom is -0.316 e. The Bertz CT molecular complexity index is 530. The molecule has 1 aliphatic carbocycles. The van der Waals surface area contributed by atoms with Gasteiger partial charge in [0.15, 0.2) is 0 Å². The number of hydrogen-bond acceptors (Lipinski definition) is 3. The summed E-state index contributed by atoms with van der Waals surface area (Å²) in [4.78, 5) is 4.24. The summed E-state index contributed by atoms with van der Waals surface area (Å²) in [7, 11) is 0. The highest BCUT2D eigenvalue weighted by Crippen LogP contribution is 2.40. The maximum Gasteiger partial charge on any atom is 0.123 e. The van der Waals surface area contributed by atoms with Crippen LogP contribution < -0.4 is 5.32 Å². The Morgan fingerprint density at radius 1 is 1.47 bits per heavy atom. The van der Waals surface area contributed by atoms with Gasteiger partial charge in [0.2, 0.25) is 0 Å². The normalized spacial score (nSPS) is 26.5. The Morgan fingerprint density at radius 2 is 2.35 bits per heavy atom. The van der Waals surface area contributed by atoms with Gasteiger partial charge >= 0.3 is 0 Å². The van der Waals surface area contributed by atoms with E-state index in [1.807, 2.05) is 12.3 Å². The maximum absolute atomic E-state index is 9.02. The number of hydrogen-bond donors (Lipinski definition) is 1. The van der Waals surface area contributed by atoms with Gasteiger partial charge in [0, 0.05) is 18.7 Å². The van der Waals surface area contributed by atoms with E-state index in [-0.39, 0.29) is 0 Å². The summed E-state index contributed by atoms with van der Waals surface area (Å²) < 4.78 is 0.628. The van der Waals surface area contributed by atoms with Gasteiger partial charge in [0.25, 0.3) is 0 Å². The topological polar surface area (TPSA) is 48.7 Å². The number of nitrogens with one attached hydrogen (secondary N) is 1. The zero-order chi connectivity index (χ0) is 11.8. The molecule has 0 bridgehead atoms. The fraction of sp³-hybridized carbons (Fsp3) is 0.385. The van der Waals surface area contributed by atoms with Crippen LogP contribution >= 0.6 is 15.9 Å². The molecule has 86 valence electrons. The van der Waals surface area contributed by atoms with Crippen molar-refractivity contribution in [3.63, 3.8) is 0 Å². The molecule has 1 aliphatic heterocycles. The van der Waals surface area contributed by atoms with Crippen LogP contribution in [0.5, 0.6) is 0 Å². The Kier molecular flexibility index (Phi) is 2.73. The third-order valence-corrected chi connectivity index (χ3v) is 4.30. The number of halogens is 1. The minimum absolute atomic E-state index is 0.601. The lowest BCUT2D eigenvalue weighted by Crippen LogP contribution is -2.10. The second kappa shape index (κ2) is 4.25. The zero-order valence-corrected chi connectivity index (χ0v) is 10.9. The third kappa shape index (κ3) is 1.80. The van der Waals surface area contributed by atoms with Gasteiger partial charge in [-0.25, -0.2) is 4.98 Å². The predicted molar refractivity (Wildman–Crippen MR) is 69.1 cm³/mol. The number of allylic oxidation sites excluding steroid dienone is 1. The van der Waals surface area contributed by atoms with E-state index in [0.29, 0.717) is 16.1 Å². The molecule has 1 fully saturated rings. The summed E-state index contributed by atoms with van der Waals surface area (Å²) in [5, 5.41) is 12.4. The van der Waals surface area contributed by atoms with Gasteiger partial charge < -0.3 is 5.32 Å². The third-order valence-electron chi connectivity index (χ3n) is 3.67. The summed E-state index contributed by atoms with van der Waals surface area (Å²) in [5.74, 6) is 1.34. The van der Waals surface area contributed by atoms with Crippen LogP contribution in [0, 0.1) is 23.2 Å². The molecule has 17 heavy (non-hydrogen) atoms. The van der Waals surface area contributed by atoms with Crippen molar-refractivity contribution in [2.45, 2.75) is 6.42 Å².